The van der Waals surface area contributed by atoms with E-state index in [-0.39, 0.29) is 23.6 Å². The Kier molecular flexibility index (Phi) is 5.37. The van der Waals surface area contributed by atoms with Gasteiger partial charge < -0.3 is 19.1 Å². The van der Waals surface area contributed by atoms with Gasteiger partial charge in [0.15, 0.2) is 11.5 Å². The Balaban J connectivity index is 1.60. The van der Waals surface area contributed by atoms with Crippen LogP contribution >= 0.6 is 0 Å². The molecule has 3 atom stereocenters. The van der Waals surface area contributed by atoms with Gasteiger partial charge in [-0.1, -0.05) is 31.9 Å². The van der Waals surface area contributed by atoms with Gasteiger partial charge in [0.2, 0.25) is 0 Å². The Labute approximate surface area is 167 Å². The highest BCUT2D eigenvalue weighted by Crippen LogP contribution is 2.55. The Hall–Kier alpha value is -2.01. The van der Waals surface area contributed by atoms with Gasteiger partial charge in [-0.2, -0.15) is 0 Å². The summed E-state index contributed by atoms with van der Waals surface area (Å²) in [7, 11) is 3.85. The third-order valence-corrected chi connectivity index (χ3v) is 6.40. The fourth-order valence-corrected chi connectivity index (χ4v) is 4.90. The van der Waals surface area contributed by atoms with Crippen LogP contribution in [-0.2, 0) is 21.5 Å². The zero-order valence-electron chi connectivity index (χ0n) is 17.2. The molecule has 1 aliphatic carbocycles. The number of rotatable bonds is 6. The van der Waals surface area contributed by atoms with Crippen molar-refractivity contribution in [3.63, 3.8) is 0 Å². The molecule has 1 aromatic rings. The molecule has 2 heterocycles. The number of nitrogens with zero attached hydrogens (tertiary/aromatic N) is 1. The molecule has 0 radical (unpaired) electrons. The van der Waals surface area contributed by atoms with E-state index in [1.807, 2.05) is 6.07 Å². The molecule has 3 aliphatic rings. The molecule has 1 unspecified atom stereocenters. The summed E-state index contributed by atoms with van der Waals surface area (Å²) in [5, 5.41) is 0. The molecule has 0 saturated heterocycles. The highest BCUT2D eigenvalue weighted by Gasteiger charge is 2.53. The first-order valence-electron chi connectivity index (χ1n) is 10.5. The van der Waals surface area contributed by atoms with E-state index in [4.69, 9.17) is 14.2 Å². The smallest absolute Gasteiger partial charge is 0.306 e. The first-order valence-corrected chi connectivity index (χ1v) is 10.5. The molecule has 0 aromatic heterocycles. The van der Waals surface area contributed by atoms with Crippen LogP contribution in [0.3, 0.4) is 0 Å². The van der Waals surface area contributed by atoms with E-state index >= 15 is 0 Å². The molecule has 5 heteroatoms. The number of ether oxygens (including phenoxy) is 3. The molecular weight excluding hydrogens is 354 g/mol. The van der Waals surface area contributed by atoms with Gasteiger partial charge in [-0.25, -0.2) is 0 Å². The number of hydrogen-bond donors (Lipinski definition) is 0. The molecule has 152 valence electrons. The van der Waals surface area contributed by atoms with E-state index in [0.29, 0.717) is 12.8 Å². The van der Waals surface area contributed by atoms with Gasteiger partial charge in [0.1, 0.15) is 12.2 Å². The van der Waals surface area contributed by atoms with E-state index in [2.05, 4.69) is 37.1 Å². The first-order chi connectivity index (χ1) is 13.6. The Bertz CT molecular complexity index is 774. The third-order valence-electron chi connectivity index (χ3n) is 6.40. The second-order valence-corrected chi connectivity index (χ2v) is 8.35. The van der Waals surface area contributed by atoms with Gasteiger partial charge in [-0.15, -0.1) is 0 Å². The minimum Gasteiger partial charge on any atom is -0.493 e. The molecule has 0 bridgehead atoms. The second kappa shape index (κ2) is 7.78. The summed E-state index contributed by atoms with van der Waals surface area (Å²) in [6, 6.07) is 4.17. The Morgan fingerprint density at radius 1 is 1.36 bits per heavy atom. The lowest BCUT2D eigenvalue weighted by Crippen LogP contribution is -2.43. The van der Waals surface area contributed by atoms with Crippen LogP contribution in [0.15, 0.2) is 24.3 Å². The summed E-state index contributed by atoms with van der Waals surface area (Å²) in [5.41, 5.74) is 2.41. The van der Waals surface area contributed by atoms with Crippen LogP contribution in [0.5, 0.6) is 11.5 Å². The predicted octanol–water partition coefficient (Wildman–Crippen LogP) is 3.98. The van der Waals surface area contributed by atoms with Crippen LogP contribution in [0.1, 0.15) is 56.6 Å². The van der Waals surface area contributed by atoms with Gasteiger partial charge >= 0.3 is 5.97 Å². The van der Waals surface area contributed by atoms with E-state index in [1.165, 1.54) is 11.1 Å². The standard InChI is InChI=1S/C23H31NO4/c1-4-5-6-7-20(25)27-17-10-11-23-12-13-24(2)15-16-8-9-18(26-3)22(21(16)23)28-19(23)14-17/h8-11,17,19H,4-7,12-15H2,1-3H3/t17-,19?,23-/m0/s1. The van der Waals surface area contributed by atoms with Crippen molar-refractivity contribution in [1.29, 1.82) is 0 Å². The molecule has 0 amide bonds. The average Bonchev–Trinajstić information content (AvgIpc) is 2.94. The Morgan fingerprint density at radius 2 is 2.21 bits per heavy atom. The van der Waals surface area contributed by atoms with Gasteiger partial charge in [-0.3, -0.25) is 4.79 Å². The van der Waals surface area contributed by atoms with E-state index in [0.717, 1.165) is 50.3 Å². The van der Waals surface area contributed by atoms with Gasteiger partial charge in [0.25, 0.3) is 0 Å². The van der Waals surface area contributed by atoms with Crippen LogP contribution < -0.4 is 9.47 Å². The number of unbranched alkanes of at least 4 members (excludes halogenated alkanes) is 2. The van der Waals surface area contributed by atoms with Crippen molar-refractivity contribution >= 4 is 5.97 Å². The average molecular weight is 386 g/mol. The van der Waals surface area contributed by atoms with Gasteiger partial charge in [-0.05, 0) is 44.1 Å². The largest absolute Gasteiger partial charge is 0.493 e. The minimum atomic E-state index is -0.213. The molecule has 2 aliphatic heterocycles. The van der Waals surface area contributed by atoms with Crippen molar-refractivity contribution < 1.29 is 19.0 Å². The molecular formula is C23H31NO4. The molecule has 0 saturated carbocycles. The summed E-state index contributed by atoms with van der Waals surface area (Å²) in [4.78, 5) is 14.5. The lowest BCUT2D eigenvalue weighted by Gasteiger charge is -2.36. The summed E-state index contributed by atoms with van der Waals surface area (Å²) in [6.07, 6.45) is 9.34. The van der Waals surface area contributed by atoms with Gasteiger partial charge in [0.05, 0.1) is 12.5 Å². The van der Waals surface area contributed by atoms with Crippen molar-refractivity contribution in [2.75, 3.05) is 20.7 Å². The molecule has 1 aromatic carbocycles. The molecule has 28 heavy (non-hydrogen) atoms. The van der Waals surface area contributed by atoms with Gasteiger partial charge in [0, 0.05) is 24.9 Å². The summed E-state index contributed by atoms with van der Waals surface area (Å²) in [6.45, 7) is 4.05. The zero-order chi connectivity index (χ0) is 19.7. The highest BCUT2D eigenvalue weighted by atomic mass is 16.6. The zero-order valence-corrected chi connectivity index (χ0v) is 17.2. The molecule has 1 spiro atoms. The van der Waals surface area contributed by atoms with Crippen molar-refractivity contribution in [2.45, 2.75) is 69.6 Å². The number of benzene rings is 1. The minimum absolute atomic E-state index is 0.0255. The van der Waals surface area contributed by atoms with Crippen LogP contribution in [0, 0.1) is 0 Å². The lowest BCUT2D eigenvalue weighted by molar-refractivity contribution is -0.148. The quantitative estimate of drug-likeness (QED) is 0.421. The van der Waals surface area contributed by atoms with Crippen LogP contribution in [0.4, 0.5) is 0 Å². The number of carbonyl (C=O) groups excluding carboxylic acids is 1. The number of methoxy groups -OCH3 is 1. The van der Waals surface area contributed by atoms with Crippen LogP contribution in [0.2, 0.25) is 0 Å². The van der Waals surface area contributed by atoms with E-state index in [9.17, 15) is 4.79 Å². The van der Waals surface area contributed by atoms with E-state index in [1.54, 1.807) is 7.11 Å². The normalized spacial score (nSPS) is 28.1. The fraction of sp³-hybridized carbons (Fsp3) is 0.609. The SMILES string of the molecule is CCCCCC(=O)O[C@H]1C=C[C@@]23CCN(C)Cc4ccc(OC)c(c42)OC3C1. The molecule has 4 rings (SSSR count). The summed E-state index contributed by atoms with van der Waals surface area (Å²) >= 11 is 0. The Morgan fingerprint density at radius 3 is 3.00 bits per heavy atom. The number of hydrogen-bond acceptors (Lipinski definition) is 5. The maximum absolute atomic E-state index is 12.2. The predicted molar refractivity (Wildman–Crippen MR) is 108 cm³/mol. The van der Waals surface area contributed by atoms with Crippen molar-refractivity contribution in [1.82, 2.24) is 4.90 Å². The van der Waals surface area contributed by atoms with Crippen LogP contribution in [0.25, 0.3) is 0 Å². The van der Waals surface area contributed by atoms with E-state index < -0.39 is 0 Å². The fourth-order valence-electron chi connectivity index (χ4n) is 4.90. The first kappa shape index (κ1) is 19.3. The lowest BCUT2D eigenvalue weighted by atomic mass is 9.69. The van der Waals surface area contributed by atoms with Crippen LogP contribution in [-0.4, -0.2) is 43.8 Å². The maximum atomic E-state index is 12.2. The van der Waals surface area contributed by atoms with Crippen molar-refractivity contribution in [3.8, 4) is 11.5 Å². The maximum Gasteiger partial charge on any atom is 0.306 e. The topological polar surface area (TPSA) is 48.0 Å². The molecule has 0 fully saturated rings. The monoisotopic (exact) mass is 385 g/mol. The number of carbonyl (C=O) groups is 1. The highest BCUT2D eigenvalue weighted by molar-refractivity contribution is 5.70. The molecule has 5 nitrogen and oxygen atoms in total. The third kappa shape index (κ3) is 3.30. The summed E-state index contributed by atoms with van der Waals surface area (Å²) in [5.74, 6) is 1.56. The van der Waals surface area contributed by atoms with Crippen molar-refractivity contribution in [2.24, 2.45) is 0 Å². The summed E-state index contributed by atoms with van der Waals surface area (Å²) < 4.78 is 17.8. The molecule has 0 N–H and O–H groups in total. The second-order valence-electron chi connectivity index (χ2n) is 8.35. The van der Waals surface area contributed by atoms with Crippen molar-refractivity contribution in [3.05, 3.63) is 35.4 Å². The number of esters is 1.